The minimum absolute atomic E-state index is 0.0308. The fraction of sp³-hybridized carbons (Fsp3) is 0.500. The second-order valence-corrected chi connectivity index (χ2v) is 7.02. The van der Waals surface area contributed by atoms with E-state index in [4.69, 9.17) is 4.42 Å². The summed E-state index contributed by atoms with van der Waals surface area (Å²) < 4.78 is 5.74. The van der Waals surface area contributed by atoms with E-state index in [1.165, 1.54) is 32.4 Å². The van der Waals surface area contributed by atoms with Crippen LogP contribution in [0.4, 0.5) is 0 Å². The predicted molar refractivity (Wildman–Crippen MR) is 96.3 cm³/mol. The summed E-state index contributed by atoms with van der Waals surface area (Å²) in [6, 6.07) is 10.3. The molecule has 1 amide bonds. The van der Waals surface area contributed by atoms with Gasteiger partial charge in [0.2, 0.25) is 11.7 Å². The van der Waals surface area contributed by atoms with E-state index in [0.717, 1.165) is 31.5 Å². The van der Waals surface area contributed by atoms with Crippen LogP contribution < -0.4 is 0 Å². The number of hydrogen-bond acceptors (Lipinski definition) is 4. The molecule has 1 aromatic carbocycles. The Kier molecular flexibility index (Phi) is 4.83. The van der Waals surface area contributed by atoms with Gasteiger partial charge in [-0.3, -0.25) is 4.79 Å². The molecule has 0 radical (unpaired) electrons. The molecular formula is C20H25N3O2. The topological polar surface area (TPSA) is 49.6 Å². The fourth-order valence-corrected chi connectivity index (χ4v) is 4.00. The lowest BCUT2D eigenvalue weighted by Gasteiger charge is -2.26. The first-order valence-corrected chi connectivity index (χ1v) is 9.36. The molecule has 0 aliphatic carbocycles. The molecule has 5 nitrogen and oxygen atoms in total. The Hall–Kier alpha value is -2.14. The molecule has 25 heavy (non-hydrogen) atoms. The van der Waals surface area contributed by atoms with E-state index in [1.54, 1.807) is 6.20 Å². The predicted octanol–water partition coefficient (Wildman–Crippen LogP) is 3.43. The summed E-state index contributed by atoms with van der Waals surface area (Å²) in [7, 11) is 0. The number of oxazole rings is 1. The van der Waals surface area contributed by atoms with Crippen LogP contribution in [0.5, 0.6) is 0 Å². The normalized spacial score (nSPS) is 22.1. The van der Waals surface area contributed by atoms with Crippen LogP contribution in [-0.2, 0) is 0 Å². The number of rotatable bonds is 3. The molecule has 1 unspecified atom stereocenters. The molecule has 2 fully saturated rings. The maximum Gasteiger partial charge on any atom is 0.291 e. The average Bonchev–Trinajstić information content (AvgIpc) is 3.30. The summed E-state index contributed by atoms with van der Waals surface area (Å²) in [4.78, 5) is 21.6. The van der Waals surface area contributed by atoms with E-state index in [9.17, 15) is 4.79 Å². The standard InChI is InChI=1S/C20H25N3O2/c24-20(18-15-21-19(25-18)16-7-2-1-3-8-16)23-13-6-9-17(10-14-23)22-11-4-5-12-22/h1-3,7-8,15,17H,4-6,9-14H2. The Bertz CT molecular complexity index is 707. The van der Waals surface area contributed by atoms with Crippen molar-refractivity contribution < 1.29 is 9.21 Å². The van der Waals surface area contributed by atoms with Crippen molar-refractivity contribution in [3.63, 3.8) is 0 Å². The minimum atomic E-state index is -0.0308. The first-order chi connectivity index (χ1) is 12.3. The van der Waals surface area contributed by atoms with Gasteiger partial charge in [-0.05, 0) is 57.3 Å². The molecule has 132 valence electrons. The number of carbonyl (C=O) groups is 1. The third kappa shape index (κ3) is 3.61. The Morgan fingerprint density at radius 3 is 2.60 bits per heavy atom. The van der Waals surface area contributed by atoms with Gasteiger partial charge in [0, 0.05) is 24.7 Å². The highest BCUT2D eigenvalue weighted by Crippen LogP contribution is 2.23. The highest BCUT2D eigenvalue weighted by atomic mass is 16.4. The summed E-state index contributed by atoms with van der Waals surface area (Å²) in [5.41, 5.74) is 0.895. The highest BCUT2D eigenvalue weighted by molar-refractivity contribution is 5.91. The van der Waals surface area contributed by atoms with Gasteiger partial charge in [0.1, 0.15) is 0 Å². The Morgan fingerprint density at radius 2 is 1.80 bits per heavy atom. The first-order valence-electron chi connectivity index (χ1n) is 9.36. The number of carbonyl (C=O) groups excluding carboxylic acids is 1. The van der Waals surface area contributed by atoms with Crippen molar-refractivity contribution in [1.29, 1.82) is 0 Å². The zero-order valence-electron chi connectivity index (χ0n) is 14.6. The molecule has 0 bridgehead atoms. The molecule has 1 atom stereocenters. The van der Waals surface area contributed by atoms with Gasteiger partial charge in [0.25, 0.3) is 5.91 Å². The fourth-order valence-electron chi connectivity index (χ4n) is 4.00. The van der Waals surface area contributed by atoms with E-state index in [0.29, 0.717) is 17.7 Å². The molecule has 2 aliphatic heterocycles. The van der Waals surface area contributed by atoms with Gasteiger partial charge in [-0.25, -0.2) is 4.98 Å². The van der Waals surface area contributed by atoms with Gasteiger partial charge in [0.15, 0.2) is 0 Å². The van der Waals surface area contributed by atoms with Crippen molar-refractivity contribution in [2.24, 2.45) is 0 Å². The van der Waals surface area contributed by atoms with Crippen LogP contribution in [0, 0.1) is 0 Å². The van der Waals surface area contributed by atoms with Gasteiger partial charge >= 0.3 is 0 Å². The molecule has 0 N–H and O–H groups in total. The number of likely N-dealkylation sites (tertiary alicyclic amines) is 2. The first kappa shape index (κ1) is 16.3. The smallest absolute Gasteiger partial charge is 0.291 e. The van der Waals surface area contributed by atoms with Gasteiger partial charge in [0.05, 0.1) is 6.20 Å². The number of amides is 1. The number of nitrogens with zero attached hydrogens (tertiary/aromatic N) is 3. The zero-order chi connectivity index (χ0) is 17.1. The zero-order valence-corrected chi connectivity index (χ0v) is 14.6. The number of benzene rings is 1. The van der Waals surface area contributed by atoms with Gasteiger partial charge < -0.3 is 14.2 Å². The monoisotopic (exact) mass is 339 g/mol. The molecule has 2 saturated heterocycles. The Balaban J connectivity index is 1.42. The van der Waals surface area contributed by atoms with E-state index >= 15 is 0 Å². The molecule has 2 aliphatic rings. The summed E-state index contributed by atoms with van der Waals surface area (Å²) in [6.07, 6.45) is 7.51. The van der Waals surface area contributed by atoms with Crippen LogP contribution in [0.25, 0.3) is 11.5 Å². The molecule has 3 heterocycles. The minimum Gasteiger partial charge on any atom is -0.431 e. The lowest BCUT2D eigenvalue weighted by molar-refractivity contribution is 0.0726. The van der Waals surface area contributed by atoms with Gasteiger partial charge in [-0.15, -0.1) is 0 Å². The molecule has 2 aromatic rings. The number of hydrogen-bond donors (Lipinski definition) is 0. The summed E-state index contributed by atoms with van der Waals surface area (Å²) in [6.45, 7) is 4.06. The van der Waals surface area contributed by atoms with Crippen LogP contribution in [0.3, 0.4) is 0 Å². The van der Waals surface area contributed by atoms with Crippen molar-refractivity contribution in [3.05, 3.63) is 42.3 Å². The molecule has 0 saturated carbocycles. The van der Waals surface area contributed by atoms with Crippen LogP contribution in [-0.4, -0.2) is 52.9 Å². The van der Waals surface area contributed by atoms with Crippen LogP contribution in [0.15, 0.2) is 40.9 Å². The van der Waals surface area contributed by atoms with E-state index in [2.05, 4.69) is 9.88 Å². The van der Waals surface area contributed by atoms with Crippen LogP contribution in [0.2, 0.25) is 0 Å². The summed E-state index contributed by atoms with van der Waals surface area (Å²) >= 11 is 0. The Labute approximate surface area is 148 Å². The third-order valence-corrected chi connectivity index (χ3v) is 5.38. The average molecular weight is 339 g/mol. The van der Waals surface area contributed by atoms with Crippen LogP contribution in [0.1, 0.15) is 42.7 Å². The summed E-state index contributed by atoms with van der Waals surface area (Å²) in [5.74, 6) is 0.823. The number of aromatic nitrogens is 1. The maximum absolute atomic E-state index is 12.8. The van der Waals surface area contributed by atoms with Gasteiger partial charge in [-0.1, -0.05) is 18.2 Å². The molecular weight excluding hydrogens is 314 g/mol. The van der Waals surface area contributed by atoms with E-state index in [-0.39, 0.29) is 5.91 Å². The van der Waals surface area contributed by atoms with Crippen molar-refractivity contribution in [1.82, 2.24) is 14.8 Å². The Morgan fingerprint density at radius 1 is 1.00 bits per heavy atom. The van der Waals surface area contributed by atoms with Crippen LogP contribution >= 0.6 is 0 Å². The molecule has 0 spiro atoms. The molecule has 4 rings (SSSR count). The van der Waals surface area contributed by atoms with Crippen molar-refractivity contribution >= 4 is 5.91 Å². The van der Waals surface area contributed by atoms with Crippen molar-refractivity contribution in [3.8, 4) is 11.5 Å². The molecule has 1 aromatic heterocycles. The highest BCUT2D eigenvalue weighted by Gasteiger charge is 2.28. The maximum atomic E-state index is 12.8. The molecule has 5 heteroatoms. The van der Waals surface area contributed by atoms with Gasteiger partial charge in [-0.2, -0.15) is 0 Å². The largest absolute Gasteiger partial charge is 0.431 e. The van der Waals surface area contributed by atoms with E-state index < -0.39 is 0 Å². The quantitative estimate of drug-likeness (QED) is 0.860. The lowest BCUT2D eigenvalue weighted by Crippen LogP contribution is -2.35. The van der Waals surface area contributed by atoms with Crippen molar-refractivity contribution in [2.75, 3.05) is 26.2 Å². The second-order valence-electron chi connectivity index (χ2n) is 7.02. The van der Waals surface area contributed by atoms with E-state index in [1.807, 2.05) is 35.2 Å². The lowest BCUT2D eigenvalue weighted by atomic mass is 10.1. The second kappa shape index (κ2) is 7.40. The SMILES string of the molecule is O=C(c1cnc(-c2ccccc2)o1)N1CCCC(N2CCCC2)CC1. The summed E-state index contributed by atoms with van der Waals surface area (Å²) in [5, 5.41) is 0. The third-order valence-electron chi connectivity index (χ3n) is 5.38. The van der Waals surface area contributed by atoms with Crippen molar-refractivity contribution in [2.45, 2.75) is 38.1 Å².